The second-order valence-corrected chi connectivity index (χ2v) is 9.19. The number of rotatable bonds is 4. The summed E-state index contributed by atoms with van der Waals surface area (Å²) in [5.41, 5.74) is 3.10. The minimum absolute atomic E-state index is 0.246. The fourth-order valence-electron chi connectivity index (χ4n) is 4.78. The molecule has 1 aliphatic rings. The summed E-state index contributed by atoms with van der Waals surface area (Å²) in [6.07, 6.45) is 4.17. The third-order valence-electron chi connectivity index (χ3n) is 6.54. The molecule has 1 aliphatic heterocycles. The van der Waals surface area contributed by atoms with Crippen molar-refractivity contribution >= 4 is 40.0 Å². The van der Waals surface area contributed by atoms with Crippen LogP contribution in [0.5, 0.6) is 5.75 Å². The molecule has 1 N–H and O–H groups in total. The third-order valence-corrected chi connectivity index (χ3v) is 6.79. The number of hydrogen-bond acceptors (Lipinski definition) is 2. The van der Waals surface area contributed by atoms with Crippen molar-refractivity contribution in [2.24, 2.45) is 0 Å². The van der Waals surface area contributed by atoms with E-state index in [-0.39, 0.29) is 5.91 Å². The molecule has 0 unspecified atom stereocenters. The van der Waals surface area contributed by atoms with Gasteiger partial charge < -0.3 is 10.1 Å². The highest BCUT2D eigenvalue weighted by molar-refractivity contribution is 6.30. The van der Waals surface area contributed by atoms with Crippen LogP contribution in [0.3, 0.4) is 0 Å². The van der Waals surface area contributed by atoms with Crippen LogP contribution in [0.2, 0.25) is 5.02 Å². The zero-order chi connectivity index (χ0) is 24.5. The lowest BCUT2D eigenvalue weighted by molar-refractivity contribution is 0.101. The third kappa shape index (κ3) is 3.84. The van der Waals surface area contributed by atoms with Gasteiger partial charge in [-0.1, -0.05) is 96.5 Å². The van der Waals surface area contributed by atoms with Crippen LogP contribution in [-0.2, 0) is 5.60 Å². The van der Waals surface area contributed by atoms with Gasteiger partial charge in [-0.25, -0.2) is 0 Å². The van der Waals surface area contributed by atoms with E-state index in [0.717, 1.165) is 27.5 Å². The number of benzene rings is 5. The largest absolute Gasteiger partial charge is 0.472 e. The zero-order valence-corrected chi connectivity index (χ0v) is 20.1. The number of carbonyl (C=O) groups is 1. The predicted octanol–water partition coefficient (Wildman–Crippen LogP) is 8.09. The Kier molecular flexibility index (Phi) is 5.55. The Bertz CT molecular complexity index is 1550. The summed E-state index contributed by atoms with van der Waals surface area (Å²) in [6.45, 7) is 0. The van der Waals surface area contributed by atoms with Crippen LogP contribution in [0.1, 0.15) is 27.0 Å². The summed E-state index contributed by atoms with van der Waals surface area (Å²) in [5, 5.41) is 5.62. The molecule has 5 aromatic carbocycles. The van der Waals surface area contributed by atoms with Gasteiger partial charge in [0.25, 0.3) is 5.91 Å². The van der Waals surface area contributed by atoms with E-state index in [0.29, 0.717) is 22.0 Å². The highest BCUT2D eigenvalue weighted by Gasteiger charge is 2.38. The quantitative estimate of drug-likeness (QED) is 0.278. The Morgan fingerprint density at radius 3 is 2.03 bits per heavy atom. The smallest absolute Gasteiger partial charge is 0.259 e. The predicted molar refractivity (Wildman–Crippen MR) is 147 cm³/mol. The fourth-order valence-corrected chi connectivity index (χ4v) is 4.90. The maximum atomic E-state index is 13.7. The molecule has 36 heavy (non-hydrogen) atoms. The van der Waals surface area contributed by atoms with E-state index in [4.69, 9.17) is 16.3 Å². The van der Waals surface area contributed by atoms with Crippen LogP contribution in [-0.4, -0.2) is 5.91 Å². The van der Waals surface area contributed by atoms with Crippen LogP contribution in [0.15, 0.2) is 121 Å². The van der Waals surface area contributed by atoms with Crippen molar-refractivity contribution in [3.63, 3.8) is 0 Å². The van der Waals surface area contributed by atoms with Crippen LogP contribution >= 0.6 is 11.6 Å². The van der Waals surface area contributed by atoms with Gasteiger partial charge in [0.15, 0.2) is 5.60 Å². The fraction of sp³-hybridized carbons (Fsp3) is 0.0312. The van der Waals surface area contributed by atoms with Gasteiger partial charge in [-0.05, 0) is 53.3 Å². The van der Waals surface area contributed by atoms with E-state index in [1.54, 1.807) is 24.3 Å². The Morgan fingerprint density at radius 2 is 1.36 bits per heavy atom. The van der Waals surface area contributed by atoms with Gasteiger partial charge in [-0.15, -0.1) is 0 Å². The Labute approximate surface area is 214 Å². The summed E-state index contributed by atoms with van der Waals surface area (Å²) in [5.74, 6) is 0.306. The SMILES string of the molecule is O=C(Nc1ccc(Cl)cc1)c1cc2ccccc2c2c1OC(c1ccccc1)(c1ccccc1)C=C2. The molecule has 0 spiro atoms. The lowest BCUT2D eigenvalue weighted by Crippen LogP contribution is -2.35. The Balaban J connectivity index is 1.54. The summed E-state index contributed by atoms with van der Waals surface area (Å²) in [4.78, 5) is 13.7. The molecule has 0 radical (unpaired) electrons. The van der Waals surface area contributed by atoms with Gasteiger partial charge in [-0.2, -0.15) is 0 Å². The minimum atomic E-state index is -0.882. The summed E-state index contributed by atoms with van der Waals surface area (Å²) >= 11 is 6.03. The van der Waals surface area contributed by atoms with E-state index in [1.807, 2.05) is 60.7 Å². The minimum Gasteiger partial charge on any atom is -0.472 e. The van der Waals surface area contributed by atoms with Crippen molar-refractivity contribution in [1.29, 1.82) is 0 Å². The molecular weight excluding hydrogens is 466 g/mol. The first kappa shape index (κ1) is 22.1. The molecule has 0 fully saturated rings. The molecule has 3 nitrogen and oxygen atoms in total. The maximum Gasteiger partial charge on any atom is 0.259 e. The average Bonchev–Trinajstić information content (AvgIpc) is 2.94. The van der Waals surface area contributed by atoms with Gasteiger partial charge in [0.05, 0.1) is 5.56 Å². The molecule has 1 heterocycles. The number of nitrogens with one attached hydrogen (secondary N) is 1. The molecule has 0 atom stereocenters. The number of halogens is 1. The molecule has 0 bridgehead atoms. The van der Waals surface area contributed by atoms with E-state index in [1.165, 1.54) is 0 Å². The van der Waals surface area contributed by atoms with Crippen LogP contribution in [0.4, 0.5) is 5.69 Å². The van der Waals surface area contributed by atoms with Gasteiger partial charge in [-0.3, -0.25) is 4.79 Å². The molecule has 4 heteroatoms. The van der Waals surface area contributed by atoms with Crippen LogP contribution < -0.4 is 10.1 Å². The molecule has 1 amide bonds. The van der Waals surface area contributed by atoms with E-state index < -0.39 is 5.60 Å². The van der Waals surface area contributed by atoms with E-state index >= 15 is 0 Å². The normalized spacial score (nSPS) is 13.6. The standard InChI is InChI=1S/C32H22ClNO2/c33-25-15-17-26(18-16-25)34-31(35)29-21-22-9-7-8-14-27(22)28-19-20-32(36-30(28)29,23-10-3-1-4-11-23)24-12-5-2-6-13-24/h1-21H,(H,34,35). The second-order valence-electron chi connectivity index (χ2n) is 8.75. The first-order valence-corrected chi connectivity index (χ1v) is 12.1. The van der Waals surface area contributed by atoms with E-state index in [9.17, 15) is 4.79 Å². The number of anilines is 1. The molecule has 0 saturated carbocycles. The van der Waals surface area contributed by atoms with Crippen molar-refractivity contribution < 1.29 is 9.53 Å². The van der Waals surface area contributed by atoms with E-state index in [2.05, 4.69) is 47.8 Å². The monoisotopic (exact) mass is 487 g/mol. The highest BCUT2D eigenvalue weighted by atomic mass is 35.5. The first-order valence-electron chi connectivity index (χ1n) is 11.8. The van der Waals surface area contributed by atoms with Crippen molar-refractivity contribution in [3.05, 3.63) is 149 Å². The number of fused-ring (bicyclic) bond motifs is 3. The topological polar surface area (TPSA) is 38.3 Å². The van der Waals surface area contributed by atoms with Gasteiger partial charge in [0, 0.05) is 27.4 Å². The molecule has 5 aromatic rings. The van der Waals surface area contributed by atoms with Crippen molar-refractivity contribution in [1.82, 2.24) is 0 Å². The Hall–Kier alpha value is -4.34. The number of hydrogen-bond donors (Lipinski definition) is 1. The zero-order valence-electron chi connectivity index (χ0n) is 19.3. The highest BCUT2D eigenvalue weighted by Crippen LogP contribution is 2.46. The second kappa shape index (κ2) is 9.03. The molecule has 6 rings (SSSR count). The molecule has 0 saturated heterocycles. The van der Waals surface area contributed by atoms with Gasteiger partial charge in [0.1, 0.15) is 5.75 Å². The van der Waals surface area contributed by atoms with Crippen LogP contribution in [0, 0.1) is 0 Å². The van der Waals surface area contributed by atoms with Crippen LogP contribution in [0.25, 0.3) is 16.8 Å². The van der Waals surface area contributed by atoms with Crippen molar-refractivity contribution in [2.45, 2.75) is 5.60 Å². The maximum absolute atomic E-state index is 13.7. The number of ether oxygens (including phenoxy) is 1. The lowest BCUT2D eigenvalue weighted by Gasteiger charge is -2.37. The van der Waals surface area contributed by atoms with Crippen molar-refractivity contribution in [3.8, 4) is 5.75 Å². The van der Waals surface area contributed by atoms with Crippen molar-refractivity contribution in [2.75, 3.05) is 5.32 Å². The van der Waals surface area contributed by atoms with Gasteiger partial charge in [0.2, 0.25) is 0 Å². The average molecular weight is 488 g/mol. The summed E-state index contributed by atoms with van der Waals surface area (Å²) < 4.78 is 6.94. The first-order chi connectivity index (χ1) is 17.6. The number of amides is 1. The molecule has 0 aliphatic carbocycles. The summed E-state index contributed by atoms with van der Waals surface area (Å²) in [6, 6.07) is 37.2. The summed E-state index contributed by atoms with van der Waals surface area (Å²) in [7, 11) is 0. The number of carbonyl (C=O) groups excluding carboxylic acids is 1. The van der Waals surface area contributed by atoms with Gasteiger partial charge >= 0.3 is 0 Å². The molecule has 0 aromatic heterocycles. The Morgan fingerprint density at radius 1 is 0.750 bits per heavy atom. The molecule has 174 valence electrons. The molecular formula is C32H22ClNO2. The lowest BCUT2D eigenvalue weighted by atomic mass is 9.82.